The van der Waals surface area contributed by atoms with Gasteiger partial charge in [0, 0.05) is 0 Å². The summed E-state index contributed by atoms with van der Waals surface area (Å²) in [4.78, 5) is 3.82. The molecule has 1 heterocycles. The molecule has 10 heavy (non-hydrogen) atoms. The monoisotopic (exact) mass is 271 g/mol. The van der Waals surface area contributed by atoms with Crippen LogP contribution >= 0.6 is 35.0 Å². The van der Waals surface area contributed by atoms with Gasteiger partial charge in [-0.25, -0.2) is 4.98 Å². The molecule has 1 rings (SSSR count). The molecule has 0 fully saturated rings. The minimum absolute atomic E-state index is 0. The highest BCUT2D eigenvalue weighted by Crippen LogP contribution is 2.13. The average Bonchev–Trinajstić information content (AvgIpc) is 1.80. The molecule has 0 atom stereocenters. The third-order valence-corrected chi connectivity index (χ3v) is 1.75. The number of nitrogen functional groups attached to an aromatic ring is 2. The Morgan fingerprint density at radius 3 is 2.40 bits per heavy atom. The number of nitrogens with zero attached hydrogens (tertiary/aromatic N) is 1. The van der Waals surface area contributed by atoms with Gasteiger partial charge in [0.2, 0.25) is 0 Å². The molecule has 0 aromatic carbocycles. The summed E-state index contributed by atoms with van der Waals surface area (Å²) in [7, 11) is 0. The van der Waals surface area contributed by atoms with Gasteiger partial charge in [0.1, 0.15) is 5.82 Å². The summed E-state index contributed by atoms with van der Waals surface area (Å²) in [5.41, 5.74) is 11.5. The molecule has 0 aliphatic rings. The van der Waals surface area contributed by atoms with E-state index in [1.807, 2.05) is 0 Å². The Morgan fingerprint density at radius 1 is 1.40 bits per heavy atom. The number of pyridine rings is 1. The summed E-state index contributed by atoms with van der Waals surface area (Å²) in [6, 6.07) is 1.78. The fraction of sp³-hybridized carbons (Fsp3) is 0. The molecular formula is C5H7ClIN3. The summed E-state index contributed by atoms with van der Waals surface area (Å²) >= 11 is 2.08. The number of halogens is 2. The minimum atomic E-state index is 0. The summed E-state index contributed by atoms with van der Waals surface area (Å²) in [5, 5.41) is 0. The summed E-state index contributed by atoms with van der Waals surface area (Å²) < 4.78 is 0.896. The van der Waals surface area contributed by atoms with E-state index >= 15 is 0 Å². The van der Waals surface area contributed by atoms with E-state index in [9.17, 15) is 0 Å². The first-order chi connectivity index (χ1) is 4.20. The van der Waals surface area contributed by atoms with Gasteiger partial charge in [-0.15, -0.1) is 12.4 Å². The van der Waals surface area contributed by atoms with E-state index in [1.54, 1.807) is 6.07 Å². The molecular weight excluding hydrogens is 264 g/mol. The Labute approximate surface area is 78.7 Å². The van der Waals surface area contributed by atoms with Gasteiger partial charge in [-0.1, -0.05) is 0 Å². The average molecular weight is 271 g/mol. The van der Waals surface area contributed by atoms with E-state index in [0.29, 0.717) is 11.5 Å². The molecule has 0 radical (unpaired) electrons. The Kier molecular flexibility index (Phi) is 3.73. The number of nitrogens with two attached hydrogens (primary N) is 2. The lowest BCUT2D eigenvalue weighted by atomic mass is 10.4. The molecule has 0 saturated heterocycles. The van der Waals surface area contributed by atoms with Crippen LogP contribution in [0.5, 0.6) is 0 Å². The lowest BCUT2D eigenvalue weighted by Gasteiger charge is -1.95. The van der Waals surface area contributed by atoms with Crippen molar-refractivity contribution in [2.45, 2.75) is 0 Å². The molecule has 5 heteroatoms. The van der Waals surface area contributed by atoms with Crippen molar-refractivity contribution in [1.82, 2.24) is 4.98 Å². The van der Waals surface area contributed by atoms with Crippen LogP contribution in [0.4, 0.5) is 11.5 Å². The van der Waals surface area contributed by atoms with Crippen molar-refractivity contribution >= 4 is 46.5 Å². The van der Waals surface area contributed by atoms with Crippen molar-refractivity contribution in [3.8, 4) is 0 Å². The van der Waals surface area contributed by atoms with Gasteiger partial charge in [-0.3, -0.25) is 0 Å². The second-order valence-corrected chi connectivity index (χ2v) is 2.80. The van der Waals surface area contributed by atoms with Crippen LogP contribution in [0.2, 0.25) is 0 Å². The van der Waals surface area contributed by atoms with Crippen LogP contribution in [0.3, 0.4) is 0 Å². The van der Waals surface area contributed by atoms with Gasteiger partial charge < -0.3 is 11.5 Å². The van der Waals surface area contributed by atoms with Gasteiger partial charge in [-0.05, 0) is 28.7 Å². The molecule has 0 spiro atoms. The smallest absolute Gasteiger partial charge is 0.136 e. The molecule has 0 aliphatic carbocycles. The quantitative estimate of drug-likeness (QED) is 0.699. The fourth-order valence-corrected chi connectivity index (χ4v) is 0.962. The zero-order chi connectivity index (χ0) is 6.85. The van der Waals surface area contributed by atoms with Gasteiger partial charge >= 0.3 is 0 Å². The number of anilines is 2. The third kappa shape index (κ3) is 2.18. The molecule has 1 aromatic rings. The second-order valence-electron chi connectivity index (χ2n) is 1.64. The highest BCUT2D eigenvalue weighted by Gasteiger charge is 1.93. The molecule has 0 bridgehead atoms. The largest absolute Gasteiger partial charge is 0.397 e. The van der Waals surface area contributed by atoms with Crippen LogP contribution < -0.4 is 11.5 Å². The lowest BCUT2D eigenvalue weighted by Crippen LogP contribution is -1.95. The van der Waals surface area contributed by atoms with E-state index in [-0.39, 0.29) is 12.4 Å². The highest BCUT2D eigenvalue weighted by molar-refractivity contribution is 14.1. The molecule has 0 amide bonds. The maximum Gasteiger partial charge on any atom is 0.136 e. The maximum atomic E-state index is 5.41. The molecule has 0 unspecified atom stereocenters. The van der Waals surface area contributed by atoms with Crippen molar-refractivity contribution in [2.24, 2.45) is 0 Å². The first-order valence-corrected chi connectivity index (χ1v) is 3.44. The zero-order valence-electron chi connectivity index (χ0n) is 5.04. The van der Waals surface area contributed by atoms with Gasteiger partial charge in [0.05, 0.1) is 15.5 Å². The van der Waals surface area contributed by atoms with E-state index in [0.717, 1.165) is 3.57 Å². The van der Waals surface area contributed by atoms with E-state index < -0.39 is 0 Å². The topological polar surface area (TPSA) is 64.9 Å². The first kappa shape index (κ1) is 9.77. The van der Waals surface area contributed by atoms with Crippen molar-refractivity contribution in [1.29, 1.82) is 0 Å². The van der Waals surface area contributed by atoms with Crippen molar-refractivity contribution in [3.63, 3.8) is 0 Å². The van der Waals surface area contributed by atoms with Crippen LogP contribution in [0.1, 0.15) is 0 Å². The summed E-state index contributed by atoms with van der Waals surface area (Å²) in [6.45, 7) is 0. The molecule has 0 saturated carbocycles. The SMILES string of the molecule is Cl.Nc1cnc(N)c(I)c1. The van der Waals surface area contributed by atoms with Crippen molar-refractivity contribution in [2.75, 3.05) is 11.5 Å². The lowest BCUT2D eigenvalue weighted by molar-refractivity contribution is 1.32. The number of aromatic nitrogens is 1. The van der Waals surface area contributed by atoms with Crippen LogP contribution in [0, 0.1) is 3.57 Å². The third-order valence-electron chi connectivity index (χ3n) is 0.891. The van der Waals surface area contributed by atoms with E-state index in [2.05, 4.69) is 27.6 Å². The number of hydrogen-bond acceptors (Lipinski definition) is 3. The number of rotatable bonds is 0. The Bertz CT molecular complexity index is 228. The van der Waals surface area contributed by atoms with Gasteiger partial charge in [-0.2, -0.15) is 0 Å². The van der Waals surface area contributed by atoms with E-state index in [1.165, 1.54) is 6.20 Å². The first-order valence-electron chi connectivity index (χ1n) is 2.36. The van der Waals surface area contributed by atoms with Gasteiger partial charge in [0.15, 0.2) is 0 Å². The standard InChI is InChI=1S/C5H6IN3.ClH/c6-4-1-3(7)2-9-5(4)8;/h1-2H,7H2,(H2,8,9);1H. The predicted molar refractivity (Wildman–Crippen MR) is 53.0 cm³/mol. The van der Waals surface area contributed by atoms with Crippen molar-refractivity contribution in [3.05, 3.63) is 15.8 Å². The fourth-order valence-electron chi connectivity index (χ4n) is 0.463. The zero-order valence-corrected chi connectivity index (χ0v) is 8.02. The molecule has 3 nitrogen and oxygen atoms in total. The number of hydrogen-bond donors (Lipinski definition) is 2. The second kappa shape index (κ2) is 3.82. The Morgan fingerprint density at radius 2 is 2.00 bits per heavy atom. The predicted octanol–water partition coefficient (Wildman–Crippen LogP) is 1.27. The molecule has 4 N–H and O–H groups in total. The normalized spacial score (nSPS) is 8.50. The molecule has 1 aromatic heterocycles. The molecule has 56 valence electrons. The van der Waals surface area contributed by atoms with Gasteiger partial charge in [0.25, 0.3) is 0 Å². The van der Waals surface area contributed by atoms with Crippen LogP contribution in [-0.2, 0) is 0 Å². The van der Waals surface area contributed by atoms with Crippen molar-refractivity contribution < 1.29 is 0 Å². The van der Waals surface area contributed by atoms with Crippen LogP contribution in [-0.4, -0.2) is 4.98 Å². The van der Waals surface area contributed by atoms with E-state index in [4.69, 9.17) is 11.5 Å². The highest BCUT2D eigenvalue weighted by atomic mass is 127. The minimum Gasteiger partial charge on any atom is -0.397 e. The van der Waals surface area contributed by atoms with Crippen LogP contribution in [0.25, 0.3) is 0 Å². The Balaban J connectivity index is 0.000000810. The summed E-state index contributed by atoms with van der Waals surface area (Å²) in [6.07, 6.45) is 1.54. The summed E-state index contributed by atoms with van der Waals surface area (Å²) in [5.74, 6) is 0.532. The Hall–Kier alpha value is -0.230. The maximum absolute atomic E-state index is 5.41. The molecule has 0 aliphatic heterocycles. The van der Waals surface area contributed by atoms with Crippen LogP contribution in [0.15, 0.2) is 12.3 Å².